The monoisotopic (exact) mass is 259 g/mol. The second-order valence-electron chi connectivity index (χ2n) is 5.12. The largest absolute Gasteiger partial charge is 0.478 e. The Kier molecular flexibility index (Phi) is 3.21. The molecule has 1 saturated heterocycles. The maximum atomic E-state index is 10.9. The predicted molar refractivity (Wildman–Crippen MR) is 71.4 cm³/mol. The number of fused-ring (bicyclic) bond motifs is 1. The number of carboxylic acid groups (broad SMARTS) is 1. The molecule has 3 rings (SSSR count). The summed E-state index contributed by atoms with van der Waals surface area (Å²) in [4.78, 5) is 15.5. The van der Waals surface area contributed by atoms with E-state index in [1.54, 1.807) is 18.3 Å². The van der Waals surface area contributed by atoms with Crippen LogP contribution >= 0.6 is 0 Å². The number of hydrogen-bond acceptors (Lipinski definition) is 3. The number of nitrogens with zero attached hydrogens (tertiary/aromatic N) is 2. The first-order valence-corrected chi connectivity index (χ1v) is 6.64. The fourth-order valence-corrected chi connectivity index (χ4v) is 2.65. The van der Waals surface area contributed by atoms with Crippen molar-refractivity contribution < 1.29 is 9.90 Å². The maximum Gasteiger partial charge on any atom is 0.335 e. The molecule has 1 aliphatic rings. The van der Waals surface area contributed by atoms with Gasteiger partial charge < -0.3 is 14.8 Å². The molecule has 0 radical (unpaired) electrons. The number of hydrogen-bond donors (Lipinski definition) is 2. The van der Waals surface area contributed by atoms with Gasteiger partial charge in [0.25, 0.3) is 0 Å². The number of carbonyl (C=O) groups is 1. The fourth-order valence-electron chi connectivity index (χ4n) is 2.65. The molecule has 2 aromatic heterocycles. The quantitative estimate of drug-likeness (QED) is 0.878. The zero-order valence-corrected chi connectivity index (χ0v) is 10.7. The Bertz CT molecular complexity index is 600. The normalized spacial score (nSPS) is 16.8. The summed E-state index contributed by atoms with van der Waals surface area (Å²) >= 11 is 0. The van der Waals surface area contributed by atoms with Crippen molar-refractivity contribution in [1.82, 2.24) is 14.7 Å². The topological polar surface area (TPSA) is 66.6 Å². The molecule has 19 heavy (non-hydrogen) atoms. The van der Waals surface area contributed by atoms with Gasteiger partial charge in [-0.05, 0) is 50.4 Å². The Morgan fingerprint density at radius 1 is 1.47 bits per heavy atom. The molecule has 0 saturated carbocycles. The molecule has 5 nitrogen and oxygen atoms in total. The lowest BCUT2D eigenvalue weighted by molar-refractivity contribution is 0.0697. The molecule has 0 spiro atoms. The molecule has 0 bridgehead atoms. The number of pyridine rings is 1. The molecule has 1 fully saturated rings. The van der Waals surface area contributed by atoms with E-state index in [4.69, 9.17) is 5.11 Å². The van der Waals surface area contributed by atoms with E-state index in [9.17, 15) is 4.79 Å². The minimum Gasteiger partial charge on any atom is -0.478 e. The van der Waals surface area contributed by atoms with Crippen molar-refractivity contribution in [1.29, 1.82) is 0 Å². The van der Waals surface area contributed by atoms with E-state index in [2.05, 4.69) is 10.3 Å². The van der Waals surface area contributed by atoms with Gasteiger partial charge in [0, 0.05) is 12.4 Å². The van der Waals surface area contributed by atoms with Gasteiger partial charge >= 0.3 is 5.97 Å². The maximum absolute atomic E-state index is 10.9. The van der Waals surface area contributed by atoms with E-state index in [0.29, 0.717) is 11.6 Å². The zero-order valence-electron chi connectivity index (χ0n) is 10.7. The van der Waals surface area contributed by atoms with Crippen LogP contribution in [0.3, 0.4) is 0 Å². The van der Waals surface area contributed by atoms with Crippen LogP contribution in [-0.4, -0.2) is 33.6 Å². The van der Waals surface area contributed by atoms with Crippen molar-refractivity contribution in [3.63, 3.8) is 0 Å². The zero-order chi connectivity index (χ0) is 13.2. The summed E-state index contributed by atoms with van der Waals surface area (Å²) in [5, 5.41) is 12.3. The van der Waals surface area contributed by atoms with Gasteiger partial charge in [-0.1, -0.05) is 0 Å². The molecule has 0 unspecified atom stereocenters. The second-order valence-corrected chi connectivity index (χ2v) is 5.12. The Morgan fingerprint density at radius 3 is 3.00 bits per heavy atom. The molecule has 100 valence electrons. The van der Waals surface area contributed by atoms with Gasteiger partial charge in [0.1, 0.15) is 5.65 Å². The summed E-state index contributed by atoms with van der Waals surface area (Å²) in [5.41, 5.74) is 2.05. The third kappa shape index (κ3) is 2.61. The van der Waals surface area contributed by atoms with Gasteiger partial charge in [0.15, 0.2) is 0 Å². The molecule has 0 aliphatic carbocycles. The lowest BCUT2D eigenvalue weighted by atomic mass is 9.93. The van der Waals surface area contributed by atoms with E-state index >= 15 is 0 Å². The van der Waals surface area contributed by atoms with Gasteiger partial charge in [-0.2, -0.15) is 0 Å². The minimum atomic E-state index is -0.912. The van der Waals surface area contributed by atoms with Crippen molar-refractivity contribution >= 4 is 11.6 Å². The molecular weight excluding hydrogens is 242 g/mol. The number of imidazole rings is 1. The standard InChI is InChI=1S/C14H17N3O2/c18-14(19)11-3-6-17-9-12(16-13(17)8-11)7-10-1-4-15-5-2-10/h3,6,8-10,15H,1-2,4-5,7H2,(H,18,19). The first-order chi connectivity index (χ1) is 9.22. The van der Waals surface area contributed by atoms with E-state index in [1.165, 1.54) is 12.8 Å². The van der Waals surface area contributed by atoms with Crippen molar-refractivity contribution in [2.45, 2.75) is 19.3 Å². The smallest absolute Gasteiger partial charge is 0.335 e. The first kappa shape index (κ1) is 12.2. The Balaban J connectivity index is 1.82. The van der Waals surface area contributed by atoms with Gasteiger partial charge in [-0.25, -0.2) is 9.78 Å². The minimum absolute atomic E-state index is 0.284. The highest BCUT2D eigenvalue weighted by atomic mass is 16.4. The number of nitrogens with one attached hydrogen (secondary N) is 1. The van der Waals surface area contributed by atoms with Gasteiger partial charge in [0.05, 0.1) is 11.3 Å². The number of aromatic carboxylic acids is 1. The van der Waals surface area contributed by atoms with Crippen molar-refractivity contribution in [2.75, 3.05) is 13.1 Å². The molecule has 1 aliphatic heterocycles. The Hall–Kier alpha value is -1.88. The highest BCUT2D eigenvalue weighted by Crippen LogP contribution is 2.18. The van der Waals surface area contributed by atoms with E-state index in [-0.39, 0.29) is 5.56 Å². The van der Waals surface area contributed by atoms with Crippen molar-refractivity contribution in [3.8, 4) is 0 Å². The summed E-state index contributed by atoms with van der Waals surface area (Å²) < 4.78 is 1.89. The highest BCUT2D eigenvalue weighted by Gasteiger charge is 2.15. The van der Waals surface area contributed by atoms with Crippen LogP contribution in [0.25, 0.3) is 5.65 Å². The molecule has 0 aromatic carbocycles. The summed E-state index contributed by atoms with van der Waals surface area (Å²) in [7, 11) is 0. The molecule has 2 N–H and O–H groups in total. The van der Waals surface area contributed by atoms with E-state index in [1.807, 2.05) is 10.6 Å². The lowest BCUT2D eigenvalue weighted by Crippen LogP contribution is -2.28. The molecular formula is C14H17N3O2. The Labute approximate surface area is 111 Å². The molecule has 2 aromatic rings. The van der Waals surface area contributed by atoms with Gasteiger partial charge in [0.2, 0.25) is 0 Å². The van der Waals surface area contributed by atoms with Crippen molar-refractivity contribution in [3.05, 3.63) is 35.8 Å². The summed E-state index contributed by atoms with van der Waals surface area (Å²) in [6.45, 7) is 2.17. The average Bonchev–Trinajstić information content (AvgIpc) is 2.80. The predicted octanol–water partition coefficient (Wildman–Crippen LogP) is 1.57. The highest BCUT2D eigenvalue weighted by molar-refractivity contribution is 5.88. The Morgan fingerprint density at radius 2 is 2.26 bits per heavy atom. The first-order valence-electron chi connectivity index (χ1n) is 6.64. The number of carboxylic acids is 1. The van der Waals surface area contributed by atoms with Crippen LogP contribution in [0, 0.1) is 5.92 Å². The summed E-state index contributed by atoms with van der Waals surface area (Å²) in [6.07, 6.45) is 7.12. The van der Waals surface area contributed by atoms with Crippen LogP contribution in [0.5, 0.6) is 0 Å². The number of rotatable bonds is 3. The van der Waals surface area contributed by atoms with Crippen molar-refractivity contribution in [2.24, 2.45) is 5.92 Å². The van der Waals surface area contributed by atoms with E-state index in [0.717, 1.165) is 25.2 Å². The van der Waals surface area contributed by atoms with Crippen LogP contribution in [0.4, 0.5) is 0 Å². The van der Waals surface area contributed by atoms with Gasteiger partial charge in [-0.15, -0.1) is 0 Å². The number of piperidine rings is 1. The number of aromatic nitrogens is 2. The fraction of sp³-hybridized carbons (Fsp3) is 0.429. The summed E-state index contributed by atoms with van der Waals surface area (Å²) in [5.74, 6) is -0.226. The third-order valence-electron chi connectivity index (χ3n) is 3.71. The van der Waals surface area contributed by atoms with Crippen LogP contribution in [0.15, 0.2) is 24.5 Å². The van der Waals surface area contributed by atoms with Crippen LogP contribution in [0.1, 0.15) is 28.9 Å². The average molecular weight is 259 g/mol. The SMILES string of the molecule is O=C(O)c1ccn2cc(CC3CCNCC3)nc2c1. The summed E-state index contributed by atoms with van der Waals surface area (Å²) in [6, 6.07) is 3.22. The van der Waals surface area contributed by atoms with Crippen LogP contribution < -0.4 is 5.32 Å². The van der Waals surface area contributed by atoms with Crippen LogP contribution in [0.2, 0.25) is 0 Å². The van der Waals surface area contributed by atoms with E-state index < -0.39 is 5.97 Å². The molecule has 0 atom stereocenters. The lowest BCUT2D eigenvalue weighted by Gasteiger charge is -2.21. The molecule has 0 amide bonds. The second kappa shape index (κ2) is 5.01. The molecule has 5 heteroatoms. The van der Waals surface area contributed by atoms with Gasteiger partial charge in [-0.3, -0.25) is 0 Å². The molecule has 3 heterocycles. The third-order valence-corrected chi connectivity index (χ3v) is 3.71. The van der Waals surface area contributed by atoms with Crippen LogP contribution in [-0.2, 0) is 6.42 Å².